The van der Waals surface area contributed by atoms with Crippen molar-refractivity contribution < 1.29 is 0 Å². The van der Waals surface area contributed by atoms with Crippen molar-refractivity contribution >= 4 is 39.1 Å². The zero-order valence-corrected chi connectivity index (χ0v) is 13.6. The Kier molecular flexibility index (Phi) is 4.91. The summed E-state index contributed by atoms with van der Waals surface area (Å²) in [6, 6.07) is 11.5. The van der Waals surface area contributed by atoms with E-state index in [1.54, 1.807) is 6.07 Å². The van der Waals surface area contributed by atoms with Crippen molar-refractivity contribution in [1.82, 2.24) is 0 Å². The average Bonchev–Trinajstić information content (AvgIpc) is 2.36. The van der Waals surface area contributed by atoms with Crippen molar-refractivity contribution in [2.24, 2.45) is 5.73 Å². The molecule has 0 aliphatic carbocycles. The lowest BCUT2D eigenvalue weighted by atomic mass is 9.96. The molecule has 1 nitrogen and oxygen atoms in total. The quantitative estimate of drug-likeness (QED) is 0.790. The van der Waals surface area contributed by atoms with Crippen LogP contribution in [-0.2, 0) is 6.42 Å². The lowest BCUT2D eigenvalue weighted by Crippen LogP contribution is -2.15. The summed E-state index contributed by atoms with van der Waals surface area (Å²) >= 11 is 15.6. The van der Waals surface area contributed by atoms with Crippen LogP contribution in [0.1, 0.15) is 22.7 Å². The SMILES string of the molecule is Cc1c(Br)cccc1C(N)Cc1ccc(Cl)cc1Cl. The number of benzene rings is 2. The van der Waals surface area contributed by atoms with Crippen LogP contribution in [0, 0.1) is 6.92 Å². The minimum absolute atomic E-state index is 0.0869. The average molecular weight is 359 g/mol. The highest BCUT2D eigenvalue weighted by atomic mass is 79.9. The normalized spacial score (nSPS) is 12.5. The fourth-order valence-corrected chi connectivity index (χ4v) is 2.93. The molecule has 0 spiro atoms. The first-order chi connectivity index (χ1) is 8.99. The van der Waals surface area contributed by atoms with Gasteiger partial charge in [-0.2, -0.15) is 0 Å². The Hall–Kier alpha value is -0.540. The Morgan fingerprint density at radius 3 is 2.63 bits per heavy atom. The highest BCUT2D eigenvalue weighted by molar-refractivity contribution is 9.10. The molecule has 0 amide bonds. The second-order valence-corrected chi connectivity index (χ2v) is 6.20. The Morgan fingerprint density at radius 2 is 1.95 bits per heavy atom. The first-order valence-electron chi connectivity index (χ1n) is 5.93. The lowest BCUT2D eigenvalue weighted by Gasteiger charge is -2.16. The van der Waals surface area contributed by atoms with E-state index in [0.29, 0.717) is 16.5 Å². The molecule has 0 heterocycles. The van der Waals surface area contributed by atoms with E-state index >= 15 is 0 Å². The van der Waals surface area contributed by atoms with Crippen LogP contribution in [0.2, 0.25) is 10.0 Å². The third-order valence-electron chi connectivity index (χ3n) is 3.16. The van der Waals surface area contributed by atoms with Crippen molar-refractivity contribution in [3.8, 4) is 0 Å². The van der Waals surface area contributed by atoms with Crippen LogP contribution in [0.3, 0.4) is 0 Å². The van der Waals surface area contributed by atoms with Gasteiger partial charge < -0.3 is 5.73 Å². The molecule has 0 saturated heterocycles. The first kappa shape index (κ1) is 14.9. The maximum atomic E-state index is 6.29. The van der Waals surface area contributed by atoms with Gasteiger partial charge in [-0.25, -0.2) is 0 Å². The minimum Gasteiger partial charge on any atom is -0.324 e. The van der Waals surface area contributed by atoms with E-state index in [1.807, 2.05) is 24.3 Å². The molecule has 2 rings (SSSR count). The molecule has 0 saturated carbocycles. The molecule has 0 aliphatic heterocycles. The van der Waals surface area contributed by atoms with Crippen LogP contribution in [0.5, 0.6) is 0 Å². The van der Waals surface area contributed by atoms with Crippen LogP contribution in [-0.4, -0.2) is 0 Å². The van der Waals surface area contributed by atoms with Gasteiger partial charge in [0.2, 0.25) is 0 Å². The fraction of sp³-hybridized carbons (Fsp3) is 0.200. The van der Waals surface area contributed by atoms with Gasteiger partial charge in [0.1, 0.15) is 0 Å². The summed E-state index contributed by atoms with van der Waals surface area (Å²) in [7, 11) is 0. The van der Waals surface area contributed by atoms with Crippen LogP contribution in [0.25, 0.3) is 0 Å². The topological polar surface area (TPSA) is 26.0 Å². The summed E-state index contributed by atoms with van der Waals surface area (Å²) in [5.74, 6) is 0. The van der Waals surface area contributed by atoms with Gasteiger partial charge in [-0.05, 0) is 48.2 Å². The molecule has 2 aromatic carbocycles. The first-order valence-corrected chi connectivity index (χ1v) is 7.48. The molecule has 1 unspecified atom stereocenters. The summed E-state index contributed by atoms with van der Waals surface area (Å²) in [6.07, 6.45) is 0.688. The second kappa shape index (κ2) is 6.27. The van der Waals surface area contributed by atoms with E-state index in [2.05, 4.69) is 28.9 Å². The van der Waals surface area contributed by atoms with Gasteiger partial charge in [-0.1, -0.05) is 57.3 Å². The number of hydrogen-bond acceptors (Lipinski definition) is 1. The summed E-state index contributed by atoms with van der Waals surface area (Å²) in [5.41, 5.74) is 9.60. The van der Waals surface area contributed by atoms with Crippen molar-refractivity contribution in [3.63, 3.8) is 0 Å². The van der Waals surface area contributed by atoms with Crippen LogP contribution >= 0.6 is 39.1 Å². The molecule has 0 radical (unpaired) electrons. The van der Waals surface area contributed by atoms with Crippen LogP contribution in [0.4, 0.5) is 0 Å². The van der Waals surface area contributed by atoms with Crippen LogP contribution < -0.4 is 5.73 Å². The predicted octanol–water partition coefficient (Wildman–Crippen LogP) is 5.31. The third kappa shape index (κ3) is 3.51. The molecular weight excluding hydrogens is 345 g/mol. The molecule has 4 heteroatoms. The van der Waals surface area contributed by atoms with Gasteiger partial charge in [0.15, 0.2) is 0 Å². The largest absolute Gasteiger partial charge is 0.324 e. The van der Waals surface area contributed by atoms with Gasteiger partial charge in [-0.3, -0.25) is 0 Å². The lowest BCUT2D eigenvalue weighted by molar-refractivity contribution is 0.716. The molecule has 2 N–H and O–H groups in total. The van der Waals surface area contributed by atoms with E-state index in [0.717, 1.165) is 15.6 Å². The number of halogens is 3. The monoisotopic (exact) mass is 357 g/mol. The Morgan fingerprint density at radius 1 is 1.21 bits per heavy atom. The standard InChI is InChI=1S/C15H14BrCl2N/c1-9-12(3-2-4-13(9)16)15(19)7-10-5-6-11(17)8-14(10)18/h2-6,8,15H,7,19H2,1H3. The van der Waals surface area contributed by atoms with Crippen LogP contribution in [0.15, 0.2) is 40.9 Å². The van der Waals surface area contributed by atoms with Gasteiger partial charge >= 0.3 is 0 Å². The second-order valence-electron chi connectivity index (χ2n) is 4.50. The summed E-state index contributed by atoms with van der Waals surface area (Å²) in [6.45, 7) is 2.06. The number of rotatable bonds is 3. The van der Waals surface area contributed by atoms with Crippen molar-refractivity contribution in [2.75, 3.05) is 0 Å². The highest BCUT2D eigenvalue weighted by Crippen LogP contribution is 2.28. The maximum Gasteiger partial charge on any atom is 0.0453 e. The smallest absolute Gasteiger partial charge is 0.0453 e. The predicted molar refractivity (Wildman–Crippen MR) is 86.0 cm³/mol. The number of nitrogens with two attached hydrogens (primary N) is 1. The zero-order chi connectivity index (χ0) is 14.0. The van der Waals surface area contributed by atoms with E-state index in [-0.39, 0.29) is 6.04 Å². The summed E-state index contributed by atoms with van der Waals surface area (Å²) in [4.78, 5) is 0. The molecule has 100 valence electrons. The van der Waals surface area contributed by atoms with Gasteiger partial charge in [0.25, 0.3) is 0 Å². The van der Waals surface area contributed by atoms with E-state index < -0.39 is 0 Å². The minimum atomic E-state index is -0.0869. The molecule has 0 aliphatic rings. The molecule has 19 heavy (non-hydrogen) atoms. The summed E-state index contributed by atoms with van der Waals surface area (Å²) < 4.78 is 1.07. The molecule has 1 atom stereocenters. The molecule has 0 bridgehead atoms. The summed E-state index contributed by atoms with van der Waals surface area (Å²) in [5, 5.41) is 1.30. The van der Waals surface area contributed by atoms with Crippen molar-refractivity contribution in [1.29, 1.82) is 0 Å². The van der Waals surface area contributed by atoms with Crippen molar-refractivity contribution in [3.05, 3.63) is 67.6 Å². The van der Waals surface area contributed by atoms with Gasteiger partial charge in [-0.15, -0.1) is 0 Å². The molecule has 2 aromatic rings. The fourth-order valence-electron chi connectivity index (χ4n) is 2.06. The zero-order valence-electron chi connectivity index (χ0n) is 10.5. The highest BCUT2D eigenvalue weighted by Gasteiger charge is 2.13. The third-order valence-corrected chi connectivity index (χ3v) is 4.61. The van der Waals surface area contributed by atoms with E-state index in [9.17, 15) is 0 Å². The number of hydrogen-bond donors (Lipinski definition) is 1. The van der Waals surface area contributed by atoms with Gasteiger partial charge in [0.05, 0.1) is 0 Å². The molecular formula is C15H14BrCl2N. The Labute approximate surface area is 131 Å². The Bertz CT molecular complexity index is 599. The molecule has 0 fully saturated rings. The molecule has 0 aromatic heterocycles. The van der Waals surface area contributed by atoms with Crippen molar-refractivity contribution in [2.45, 2.75) is 19.4 Å². The van der Waals surface area contributed by atoms with E-state index in [1.165, 1.54) is 5.56 Å². The maximum absolute atomic E-state index is 6.29. The van der Waals surface area contributed by atoms with Gasteiger partial charge in [0, 0.05) is 20.6 Å². The Balaban J connectivity index is 2.25. The van der Waals surface area contributed by atoms with E-state index in [4.69, 9.17) is 28.9 Å².